The third-order valence-electron chi connectivity index (χ3n) is 3.72. The largest absolute Gasteiger partial charge is 0.469 e. The Morgan fingerprint density at radius 1 is 1.28 bits per heavy atom. The highest BCUT2D eigenvalue weighted by Gasteiger charge is 2.18. The predicted molar refractivity (Wildman–Crippen MR) is 93.7 cm³/mol. The fourth-order valence-corrected chi connectivity index (χ4v) is 2.32. The molecule has 0 aliphatic heterocycles. The van der Waals surface area contributed by atoms with E-state index in [9.17, 15) is 14.0 Å². The highest BCUT2D eigenvalue weighted by molar-refractivity contribution is 6.05. The number of nitriles is 1. The van der Waals surface area contributed by atoms with Gasteiger partial charge in [-0.1, -0.05) is 19.1 Å². The number of esters is 1. The van der Waals surface area contributed by atoms with E-state index in [1.807, 2.05) is 6.07 Å². The number of carbonyl (C=O) groups is 2. The van der Waals surface area contributed by atoms with Crippen molar-refractivity contribution < 1.29 is 18.7 Å². The molecule has 0 fully saturated rings. The molecule has 0 radical (unpaired) electrons. The summed E-state index contributed by atoms with van der Waals surface area (Å²) in [6, 6.07) is 8.74. The molecule has 1 aromatic rings. The van der Waals surface area contributed by atoms with Crippen LogP contribution in [0.1, 0.15) is 37.7 Å². The summed E-state index contributed by atoms with van der Waals surface area (Å²) >= 11 is 0. The molecule has 0 heterocycles. The minimum absolute atomic E-state index is 0.0182. The van der Waals surface area contributed by atoms with Crippen LogP contribution in [0, 0.1) is 11.3 Å². The van der Waals surface area contributed by atoms with Gasteiger partial charge in [0.2, 0.25) is 0 Å². The van der Waals surface area contributed by atoms with Crippen molar-refractivity contribution in [3.05, 3.63) is 42.0 Å². The Morgan fingerprint density at radius 3 is 2.68 bits per heavy atom. The van der Waals surface area contributed by atoms with E-state index >= 15 is 0 Å². The first kappa shape index (κ1) is 20.4. The maximum absolute atomic E-state index is 12.6. The van der Waals surface area contributed by atoms with Crippen molar-refractivity contribution in [2.45, 2.75) is 32.1 Å². The fraction of sp³-hybridized carbons (Fsp3) is 0.421. The standard InChI is InChI=1S/C19H23FN2O3/c1-15(10-11-20)19(24)22(12-5-3-4-9-18(23)25-2)17-8-6-7-16(13-17)14-21/h6-8,13H,1,3-5,9-12H2,2H3. The number of nitrogens with zero attached hydrogens (tertiary/aromatic N) is 2. The number of anilines is 1. The number of amides is 1. The van der Waals surface area contributed by atoms with Gasteiger partial charge in [-0.05, 0) is 31.0 Å². The van der Waals surface area contributed by atoms with Crippen molar-refractivity contribution in [2.75, 3.05) is 25.2 Å². The lowest BCUT2D eigenvalue weighted by Crippen LogP contribution is -2.33. The van der Waals surface area contributed by atoms with E-state index < -0.39 is 6.67 Å². The highest BCUT2D eigenvalue weighted by Crippen LogP contribution is 2.20. The third kappa shape index (κ3) is 6.76. The van der Waals surface area contributed by atoms with Crippen LogP contribution >= 0.6 is 0 Å². The zero-order valence-electron chi connectivity index (χ0n) is 14.5. The summed E-state index contributed by atoms with van der Waals surface area (Å²) in [5.74, 6) is -0.605. The van der Waals surface area contributed by atoms with Gasteiger partial charge in [0.05, 0.1) is 25.4 Å². The van der Waals surface area contributed by atoms with Gasteiger partial charge in [-0.15, -0.1) is 0 Å². The minimum Gasteiger partial charge on any atom is -0.469 e. The van der Waals surface area contributed by atoms with Crippen LogP contribution in [0.5, 0.6) is 0 Å². The van der Waals surface area contributed by atoms with Crippen LogP contribution in [0.3, 0.4) is 0 Å². The maximum Gasteiger partial charge on any atom is 0.305 e. The van der Waals surface area contributed by atoms with Crippen LogP contribution in [-0.4, -0.2) is 32.2 Å². The van der Waals surface area contributed by atoms with Crippen LogP contribution in [0.25, 0.3) is 0 Å². The van der Waals surface area contributed by atoms with Crippen LogP contribution in [0.15, 0.2) is 36.4 Å². The molecular formula is C19H23FN2O3. The van der Waals surface area contributed by atoms with E-state index in [2.05, 4.69) is 11.3 Å². The topological polar surface area (TPSA) is 70.4 Å². The SMILES string of the molecule is C=C(CCF)C(=O)N(CCCCCC(=O)OC)c1cccc(C#N)c1. The first-order valence-electron chi connectivity index (χ1n) is 8.16. The zero-order chi connectivity index (χ0) is 18.7. The van der Waals surface area contributed by atoms with Gasteiger partial charge in [0.25, 0.3) is 5.91 Å². The van der Waals surface area contributed by atoms with Crippen LogP contribution in [0.2, 0.25) is 0 Å². The number of benzene rings is 1. The second-order valence-corrected chi connectivity index (χ2v) is 5.55. The van der Waals surface area contributed by atoms with Crippen LogP contribution < -0.4 is 4.90 Å². The normalized spacial score (nSPS) is 9.96. The molecule has 0 aliphatic carbocycles. The zero-order valence-corrected chi connectivity index (χ0v) is 14.5. The molecule has 1 rings (SSSR count). The molecule has 1 aromatic carbocycles. The van der Waals surface area contributed by atoms with E-state index in [0.717, 1.165) is 6.42 Å². The number of hydrogen-bond donors (Lipinski definition) is 0. The fourth-order valence-electron chi connectivity index (χ4n) is 2.32. The number of halogens is 1. The molecule has 0 saturated heterocycles. The lowest BCUT2D eigenvalue weighted by molar-refractivity contribution is -0.140. The molecule has 134 valence electrons. The Morgan fingerprint density at radius 2 is 2.04 bits per heavy atom. The number of alkyl halides is 1. The summed E-state index contributed by atoms with van der Waals surface area (Å²) in [5.41, 5.74) is 1.22. The van der Waals surface area contributed by atoms with Crippen molar-refractivity contribution in [1.82, 2.24) is 0 Å². The van der Waals surface area contributed by atoms with Gasteiger partial charge >= 0.3 is 5.97 Å². The summed E-state index contributed by atoms with van der Waals surface area (Å²) < 4.78 is 17.1. The van der Waals surface area contributed by atoms with Crippen molar-refractivity contribution >= 4 is 17.6 Å². The van der Waals surface area contributed by atoms with Gasteiger partial charge in [-0.2, -0.15) is 5.26 Å². The Kier molecular flexibility index (Phi) is 8.94. The van der Waals surface area contributed by atoms with Gasteiger partial charge in [-0.25, -0.2) is 0 Å². The van der Waals surface area contributed by atoms with E-state index in [1.54, 1.807) is 24.3 Å². The summed E-state index contributed by atoms with van der Waals surface area (Å²) in [5, 5.41) is 9.03. The van der Waals surface area contributed by atoms with Gasteiger partial charge in [0, 0.05) is 30.6 Å². The van der Waals surface area contributed by atoms with Crippen molar-refractivity contribution in [3.63, 3.8) is 0 Å². The van der Waals surface area contributed by atoms with Crippen molar-refractivity contribution in [3.8, 4) is 6.07 Å². The summed E-state index contributed by atoms with van der Waals surface area (Å²) in [6.45, 7) is 3.41. The molecule has 0 aliphatic rings. The molecule has 25 heavy (non-hydrogen) atoms. The Hall–Kier alpha value is -2.68. The molecular weight excluding hydrogens is 323 g/mol. The van der Waals surface area contributed by atoms with Crippen molar-refractivity contribution in [2.24, 2.45) is 0 Å². The molecule has 0 atom stereocenters. The third-order valence-corrected chi connectivity index (χ3v) is 3.72. The van der Waals surface area contributed by atoms with Crippen LogP contribution in [0.4, 0.5) is 10.1 Å². The molecule has 1 amide bonds. The van der Waals surface area contributed by atoms with E-state index in [-0.39, 0.29) is 23.9 Å². The number of methoxy groups -OCH3 is 1. The number of rotatable bonds is 10. The average Bonchev–Trinajstić information content (AvgIpc) is 2.64. The summed E-state index contributed by atoms with van der Waals surface area (Å²) in [6.07, 6.45) is 2.39. The Bertz CT molecular complexity index is 652. The predicted octanol–water partition coefficient (Wildman–Crippen LogP) is 3.54. The molecule has 0 saturated carbocycles. The molecule has 0 unspecified atom stereocenters. The van der Waals surface area contributed by atoms with Crippen molar-refractivity contribution in [1.29, 1.82) is 5.26 Å². The molecule has 0 bridgehead atoms. The lowest BCUT2D eigenvalue weighted by Gasteiger charge is -2.24. The Labute approximate surface area is 147 Å². The number of carbonyl (C=O) groups excluding carboxylic acids is 2. The second kappa shape index (κ2) is 11.0. The number of unbranched alkanes of at least 4 members (excludes halogenated alkanes) is 2. The van der Waals surface area contributed by atoms with Crippen LogP contribution in [-0.2, 0) is 14.3 Å². The lowest BCUT2D eigenvalue weighted by atomic mass is 10.1. The van der Waals surface area contributed by atoms with Gasteiger partial charge in [0.1, 0.15) is 0 Å². The minimum atomic E-state index is -0.643. The molecule has 5 nitrogen and oxygen atoms in total. The molecule has 0 spiro atoms. The average molecular weight is 346 g/mol. The van der Waals surface area contributed by atoms with E-state index in [0.29, 0.717) is 37.1 Å². The van der Waals surface area contributed by atoms with Gasteiger partial charge in [-0.3, -0.25) is 14.0 Å². The Balaban J connectivity index is 2.78. The number of ether oxygens (including phenoxy) is 1. The maximum atomic E-state index is 12.6. The highest BCUT2D eigenvalue weighted by atomic mass is 19.1. The van der Waals surface area contributed by atoms with E-state index in [4.69, 9.17) is 5.26 Å². The first-order chi connectivity index (χ1) is 12.0. The quantitative estimate of drug-likeness (QED) is 0.369. The van der Waals surface area contributed by atoms with Gasteiger partial charge < -0.3 is 9.64 Å². The monoisotopic (exact) mass is 346 g/mol. The van der Waals surface area contributed by atoms with E-state index in [1.165, 1.54) is 12.0 Å². The number of hydrogen-bond acceptors (Lipinski definition) is 4. The second-order valence-electron chi connectivity index (χ2n) is 5.55. The molecule has 6 heteroatoms. The first-order valence-corrected chi connectivity index (χ1v) is 8.16. The molecule has 0 N–H and O–H groups in total. The smallest absolute Gasteiger partial charge is 0.305 e. The molecule has 0 aromatic heterocycles. The summed E-state index contributed by atoms with van der Waals surface area (Å²) in [4.78, 5) is 25.2. The van der Waals surface area contributed by atoms with Gasteiger partial charge in [0.15, 0.2) is 0 Å². The summed E-state index contributed by atoms with van der Waals surface area (Å²) in [7, 11) is 1.35.